The van der Waals surface area contributed by atoms with E-state index < -0.39 is 20.0 Å². The molecule has 0 aromatic heterocycles. The molecule has 4 nitrogen and oxygen atoms in total. The van der Waals surface area contributed by atoms with Crippen LogP contribution >= 0.6 is 0 Å². The van der Waals surface area contributed by atoms with Crippen molar-refractivity contribution in [3.05, 3.63) is 97.1 Å². The highest BCUT2D eigenvalue weighted by Gasteiger charge is 2.71. The van der Waals surface area contributed by atoms with Crippen molar-refractivity contribution in [3.63, 3.8) is 0 Å². The van der Waals surface area contributed by atoms with E-state index in [1.807, 2.05) is 12.2 Å². The average molecular weight is 585 g/mol. The van der Waals surface area contributed by atoms with Crippen LogP contribution in [0.15, 0.2) is 97.1 Å². The summed E-state index contributed by atoms with van der Waals surface area (Å²) in [5, 5.41) is 2.34. The smallest absolute Gasteiger partial charge is 0.303 e. The van der Waals surface area contributed by atoms with E-state index in [0.29, 0.717) is 6.42 Å². The van der Waals surface area contributed by atoms with Crippen LogP contribution in [0.1, 0.15) is 73.6 Å². The molecule has 2 fully saturated rings. The third-order valence-corrected chi connectivity index (χ3v) is 15.2. The molecule has 2 aromatic rings. The molecule has 2 bridgehead atoms. The van der Waals surface area contributed by atoms with Gasteiger partial charge >= 0.3 is 5.97 Å². The summed E-state index contributed by atoms with van der Waals surface area (Å²) in [6.07, 6.45) is 7.74. The fraction of sp³-hybridized carbons (Fsp3) is 0.486. The van der Waals surface area contributed by atoms with Crippen LogP contribution in [0.3, 0.4) is 0 Å². The molecular formula is C37H48O4Si. The number of carbonyl (C=O) groups is 1. The Morgan fingerprint density at radius 3 is 2.07 bits per heavy atom. The number of esters is 1. The molecule has 2 heterocycles. The van der Waals surface area contributed by atoms with Crippen LogP contribution in [0.4, 0.5) is 0 Å². The lowest BCUT2D eigenvalue weighted by molar-refractivity contribution is -0.160. The number of rotatable bonds is 9. The molecule has 5 atom stereocenters. The van der Waals surface area contributed by atoms with Gasteiger partial charge in [-0.05, 0) is 52.2 Å². The zero-order valence-corrected chi connectivity index (χ0v) is 27.3. The van der Waals surface area contributed by atoms with Gasteiger partial charge in [0.05, 0.1) is 12.2 Å². The second-order valence-corrected chi connectivity index (χ2v) is 18.3. The van der Waals surface area contributed by atoms with E-state index >= 15 is 0 Å². The molecule has 5 heteroatoms. The minimum Gasteiger partial charge on any atom is -0.455 e. The number of hydrogen-bond donors (Lipinski definition) is 0. The summed E-state index contributed by atoms with van der Waals surface area (Å²) in [7, 11) is -2.85. The van der Waals surface area contributed by atoms with Crippen LogP contribution in [-0.4, -0.2) is 38.2 Å². The molecule has 5 rings (SSSR count). The number of fused-ring (bicyclic) bond motifs is 2. The molecule has 0 N–H and O–H groups in total. The first-order chi connectivity index (χ1) is 19.9. The molecule has 2 saturated heterocycles. The van der Waals surface area contributed by atoms with Crippen LogP contribution < -0.4 is 10.4 Å². The second-order valence-electron chi connectivity index (χ2n) is 14.0. The van der Waals surface area contributed by atoms with E-state index in [1.54, 1.807) is 0 Å². The molecule has 2 aliphatic heterocycles. The molecule has 0 spiro atoms. The van der Waals surface area contributed by atoms with Crippen molar-refractivity contribution in [2.75, 3.05) is 0 Å². The largest absolute Gasteiger partial charge is 0.455 e. The van der Waals surface area contributed by atoms with Gasteiger partial charge in [-0.25, -0.2) is 0 Å². The van der Waals surface area contributed by atoms with Gasteiger partial charge in [0.2, 0.25) is 0 Å². The summed E-state index contributed by atoms with van der Waals surface area (Å²) in [6, 6.07) is 21.6. The number of benzene rings is 2. The van der Waals surface area contributed by atoms with E-state index in [1.165, 1.54) is 22.9 Å². The van der Waals surface area contributed by atoms with Gasteiger partial charge in [0.25, 0.3) is 8.32 Å². The van der Waals surface area contributed by atoms with Crippen LogP contribution in [0.25, 0.3) is 0 Å². The van der Waals surface area contributed by atoms with Gasteiger partial charge in [-0.1, -0.05) is 114 Å². The van der Waals surface area contributed by atoms with Gasteiger partial charge < -0.3 is 13.9 Å². The Kier molecular flexibility index (Phi) is 8.34. The van der Waals surface area contributed by atoms with Crippen molar-refractivity contribution in [2.24, 2.45) is 11.3 Å². The summed E-state index contributed by atoms with van der Waals surface area (Å²) < 4.78 is 21.2. The van der Waals surface area contributed by atoms with Gasteiger partial charge in [-0.2, -0.15) is 0 Å². The van der Waals surface area contributed by atoms with Gasteiger partial charge in [0.15, 0.2) is 6.10 Å². The Balaban J connectivity index is 1.68. The molecule has 42 heavy (non-hydrogen) atoms. The van der Waals surface area contributed by atoms with Gasteiger partial charge in [-0.3, -0.25) is 4.79 Å². The lowest BCUT2D eigenvalue weighted by Gasteiger charge is -2.50. The summed E-state index contributed by atoms with van der Waals surface area (Å²) in [5.41, 5.74) is 1.29. The minimum atomic E-state index is -2.85. The quantitative estimate of drug-likeness (QED) is 0.176. The Bertz CT molecular complexity index is 1300. The monoisotopic (exact) mass is 584 g/mol. The van der Waals surface area contributed by atoms with Crippen LogP contribution in [0, 0.1) is 11.3 Å². The average Bonchev–Trinajstić information content (AvgIpc) is 3.45. The zero-order chi connectivity index (χ0) is 30.3. The maximum absolute atomic E-state index is 12.7. The topological polar surface area (TPSA) is 44.8 Å². The molecule has 1 aliphatic carbocycles. The Labute approximate surface area is 254 Å². The first-order valence-corrected chi connectivity index (χ1v) is 17.4. The standard InChI is InChI=1S/C37H48O4Si/c1-9-27-19-17-18-24-30(27)33(39-26(3)38)37-25-31(34(40-37)36(7,8)32(37)10-2)41-42(35(4,5)6,28-20-13-11-14-21-28)29-22-15-12-16-23-29/h9-16,20-23,31-34H,1-2,17-19,24-25H2,3-8H3/t31-,32-,33-,34-,37+/m0/s1. The van der Waals surface area contributed by atoms with Crippen molar-refractivity contribution in [2.45, 2.75) is 103 Å². The first kappa shape index (κ1) is 30.7. The van der Waals surface area contributed by atoms with Crippen LogP contribution in [0.2, 0.25) is 5.04 Å². The SMILES string of the molecule is C=CC1=C([C@H](OC(C)=O)[C@]23C[C@H](O[Si](c4ccccc4)(c4ccccc4)C(C)(C)C)[C@H](O2)C(C)(C)[C@@H]3C=C)CCCC1. The van der Waals surface area contributed by atoms with Gasteiger partial charge in [0.1, 0.15) is 5.60 Å². The molecule has 3 aliphatic rings. The molecule has 0 saturated carbocycles. The van der Waals surface area contributed by atoms with Crippen molar-refractivity contribution in [3.8, 4) is 0 Å². The van der Waals surface area contributed by atoms with Crippen molar-refractivity contribution < 1.29 is 18.7 Å². The van der Waals surface area contributed by atoms with E-state index in [2.05, 4.69) is 108 Å². The highest BCUT2D eigenvalue weighted by atomic mass is 28.4. The summed E-state index contributed by atoms with van der Waals surface area (Å²) in [6.45, 7) is 21.4. The van der Waals surface area contributed by atoms with E-state index in [-0.39, 0.29) is 34.5 Å². The van der Waals surface area contributed by atoms with E-state index in [9.17, 15) is 4.79 Å². The predicted molar refractivity (Wildman–Crippen MR) is 173 cm³/mol. The van der Waals surface area contributed by atoms with Gasteiger partial charge in [0, 0.05) is 24.7 Å². The van der Waals surface area contributed by atoms with Crippen LogP contribution in [0.5, 0.6) is 0 Å². The van der Waals surface area contributed by atoms with E-state index in [0.717, 1.165) is 31.3 Å². The fourth-order valence-corrected chi connectivity index (χ4v) is 13.1. The van der Waals surface area contributed by atoms with Crippen molar-refractivity contribution >= 4 is 24.7 Å². The highest BCUT2D eigenvalue weighted by Crippen LogP contribution is 2.63. The predicted octanol–water partition coefficient (Wildman–Crippen LogP) is 7.29. The third kappa shape index (κ3) is 4.88. The second kappa shape index (κ2) is 11.4. The number of ether oxygens (including phenoxy) is 2. The molecular weight excluding hydrogens is 536 g/mol. The molecule has 0 unspecified atom stereocenters. The Morgan fingerprint density at radius 1 is 1.00 bits per heavy atom. The number of hydrogen-bond acceptors (Lipinski definition) is 4. The van der Waals surface area contributed by atoms with Crippen LogP contribution in [-0.2, 0) is 18.7 Å². The number of allylic oxidation sites excluding steroid dienone is 2. The molecule has 0 amide bonds. The maximum atomic E-state index is 12.7. The van der Waals surface area contributed by atoms with E-state index in [4.69, 9.17) is 13.9 Å². The number of carbonyl (C=O) groups excluding carboxylic acids is 1. The maximum Gasteiger partial charge on any atom is 0.303 e. The zero-order valence-electron chi connectivity index (χ0n) is 26.3. The summed E-state index contributed by atoms with van der Waals surface area (Å²) >= 11 is 0. The van der Waals surface area contributed by atoms with Crippen molar-refractivity contribution in [1.82, 2.24) is 0 Å². The third-order valence-electron chi connectivity index (χ3n) is 10.1. The Hall–Kier alpha value is -2.73. The lowest BCUT2D eigenvalue weighted by Crippen LogP contribution is -2.69. The molecule has 224 valence electrons. The molecule has 0 radical (unpaired) electrons. The summed E-state index contributed by atoms with van der Waals surface area (Å²) in [5.74, 6) is -0.307. The van der Waals surface area contributed by atoms with Crippen molar-refractivity contribution in [1.29, 1.82) is 0 Å². The summed E-state index contributed by atoms with van der Waals surface area (Å²) in [4.78, 5) is 12.7. The minimum absolute atomic E-state index is 0.0150. The fourth-order valence-electron chi connectivity index (χ4n) is 8.39. The first-order valence-electron chi connectivity index (χ1n) is 15.5. The normalized spacial score (nSPS) is 27.9. The molecule has 2 aromatic carbocycles. The van der Waals surface area contributed by atoms with Gasteiger partial charge in [-0.15, -0.1) is 6.58 Å². The Morgan fingerprint density at radius 2 is 1.57 bits per heavy atom. The highest BCUT2D eigenvalue weighted by molar-refractivity contribution is 6.99. The lowest BCUT2D eigenvalue weighted by atomic mass is 9.60.